The molecule has 150 valence electrons. The third kappa shape index (κ3) is 10.5. The van der Waals surface area contributed by atoms with Crippen LogP contribution in [0.4, 0.5) is 0 Å². The summed E-state index contributed by atoms with van der Waals surface area (Å²) >= 11 is 0. The molecular weight excluding hydrogens is 427 g/mol. The van der Waals surface area contributed by atoms with Gasteiger partial charge in [0.15, 0.2) is 0 Å². The van der Waals surface area contributed by atoms with Crippen LogP contribution in [-0.4, -0.2) is 0 Å². The van der Waals surface area contributed by atoms with Crippen molar-refractivity contribution in [2.75, 3.05) is 0 Å². The van der Waals surface area contributed by atoms with Crippen LogP contribution >= 0.6 is 7.92 Å². The Morgan fingerprint density at radius 1 is 0.733 bits per heavy atom. The molecule has 0 spiro atoms. The average Bonchev–Trinajstić information content (AvgIpc) is 3.39. The van der Waals surface area contributed by atoms with Crippen molar-refractivity contribution in [1.29, 1.82) is 0 Å². The molecular formula is C27H24FeOP+. The topological polar surface area (TPSA) is 19.9 Å². The summed E-state index contributed by atoms with van der Waals surface area (Å²) in [5.41, 5.74) is 0. The van der Waals surface area contributed by atoms with Gasteiger partial charge in [0.1, 0.15) is 15.9 Å². The van der Waals surface area contributed by atoms with Gasteiger partial charge in [-0.15, -0.1) is 0 Å². The number of rotatable bonds is 3. The van der Waals surface area contributed by atoms with E-state index < -0.39 is 7.92 Å². The van der Waals surface area contributed by atoms with Crippen molar-refractivity contribution in [2.45, 2.75) is 13.3 Å². The fourth-order valence-corrected chi connectivity index (χ4v) is 5.07. The molecule has 3 heteroatoms. The standard InChI is InChI=1S/C18H15P.C5H.C3H7.CO.Fe/c1-4-10-16(11-5-1)19(17-12-6-2-7-13-17)18-14-8-3-9-15-18;1-2-4-5-3-1;1-3-2;1-2;/h1-15H;1H;1,3H2,2H3;;/q;-5;-1;;+6/p+1. The largest absolute Gasteiger partial charge is 6.00 e. The summed E-state index contributed by atoms with van der Waals surface area (Å²) in [6.45, 7) is 10.0. The maximum absolute atomic E-state index is 7.50. The minimum Gasteiger partial charge on any atom is -0.999 e. The van der Waals surface area contributed by atoms with Gasteiger partial charge in [0.25, 0.3) is 0 Å². The minimum atomic E-state index is -0.877. The van der Waals surface area contributed by atoms with Gasteiger partial charge in [-0.25, -0.2) is 0 Å². The Morgan fingerprint density at radius 3 is 1.20 bits per heavy atom. The quantitative estimate of drug-likeness (QED) is 0.181. The van der Waals surface area contributed by atoms with Gasteiger partial charge >= 0.3 is 28.4 Å². The first-order valence-corrected chi connectivity index (χ1v) is 10.7. The average molecular weight is 451 g/mol. The smallest absolute Gasteiger partial charge is 0.999 e. The number of hydrogen-bond acceptors (Lipinski definition) is 0. The van der Waals surface area contributed by atoms with Crippen LogP contribution in [0.15, 0.2) is 97.1 Å². The summed E-state index contributed by atoms with van der Waals surface area (Å²) in [4.78, 5) is 0. The second-order valence-electron chi connectivity index (χ2n) is 5.66. The van der Waals surface area contributed by atoms with Crippen LogP contribution in [0.5, 0.6) is 0 Å². The number of hydrogen-bond donors (Lipinski definition) is 0. The predicted octanol–water partition coefficient (Wildman–Crippen LogP) is 4.97. The molecule has 0 fully saturated rings. The van der Waals surface area contributed by atoms with E-state index in [0.717, 1.165) is 6.42 Å². The van der Waals surface area contributed by atoms with E-state index in [0.29, 0.717) is 0 Å². The molecule has 0 aliphatic heterocycles. The maximum atomic E-state index is 7.50. The Kier molecular flexibility index (Phi) is 17.3. The molecule has 0 heterocycles. The monoisotopic (exact) mass is 451 g/mol. The summed E-state index contributed by atoms with van der Waals surface area (Å²) in [6.07, 6.45) is 1.00. The molecule has 0 radical (unpaired) electrons. The van der Waals surface area contributed by atoms with Crippen molar-refractivity contribution >= 4 is 23.8 Å². The van der Waals surface area contributed by atoms with Crippen LogP contribution < -0.4 is 15.9 Å². The molecule has 0 N–H and O–H groups in total. The van der Waals surface area contributed by atoms with E-state index >= 15 is 0 Å². The summed E-state index contributed by atoms with van der Waals surface area (Å²) < 4.78 is 7.50. The van der Waals surface area contributed by atoms with Crippen LogP contribution in [0.2, 0.25) is 0 Å². The van der Waals surface area contributed by atoms with Gasteiger partial charge in [0, 0.05) is 0 Å². The summed E-state index contributed by atoms with van der Waals surface area (Å²) in [5.74, 6) is 0. The second-order valence-corrected chi connectivity index (χ2v) is 8.14. The molecule has 30 heavy (non-hydrogen) atoms. The third-order valence-corrected chi connectivity index (χ3v) is 6.27. The fraction of sp³-hybridized carbons (Fsp3) is 0.0741. The van der Waals surface area contributed by atoms with Crippen LogP contribution in [0.3, 0.4) is 0 Å². The Morgan fingerprint density at radius 2 is 1.00 bits per heavy atom. The molecule has 0 saturated carbocycles. The Balaban J connectivity index is 0.000000643. The maximum Gasteiger partial charge on any atom is 6.00 e. The zero-order valence-electron chi connectivity index (χ0n) is 16.9. The predicted molar refractivity (Wildman–Crippen MR) is 123 cm³/mol. The minimum absolute atomic E-state index is 0. The van der Waals surface area contributed by atoms with Crippen molar-refractivity contribution in [2.24, 2.45) is 0 Å². The SMILES string of the molecule is [C-]#[O+].[CH2-]CC.[Fe+6].[c-]1[c-][c-][cH-][c-]1.c1ccc([PH+](c2ccccc2)c2ccccc2)cc1. The molecule has 0 bridgehead atoms. The molecule has 4 aromatic carbocycles. The molecule has 1 nitrogen and oxygen atoms in total. The van der Waals surface area contributed by atoms with E-state index in [4.69, 9.17) is 4.65 Å². The van der Waals surface area contributed by atoms with Gasteiger partial charge in [-0.2, -0.15) is 6.42 Å². The van der Waals surface area contributed by atoms with E-state index in [1.54, 1.807) is 6.07 Å². The second kappa shape index (κ2) is 18.7. The molecule has 4 rings (SSSR count). The number of benzene rings is 3. The van der Waals surface area contributed by atoms with E-state index in [-0.39, 0.29) is 17.1 Å². The molecule has 0 aliphatic rings. The van der Waals surface area contributed by atoms with Crippen molar-refractivity contribution in [3.63, 3.8) is 0 Å². The van der Waals surface area contributed by atoms with E-state index in [1.165, 1.54) is 15.9 Å². The molecule has 0 saturated heterocycles. The van der Waals surface area contributed by atoms with Crippen molar-refractivity contribution in [3.8, 4) is 0 Å². The van der Waals surface area contributed by atoms with Crippen molar-refractivity contribution < 1.29 is 21.7 Å². The Labute approximate surface area is 193 Å². The molecule has 0 aliphatic carbocycles. The van der Waals surface area contributed by atoms with Gasteiger partial charge in [-0.05, 0) is 36.4 Å². The molecule has 0 unspecified atom stereocenters. The summed E-state index contributed by atoms with van der Waals surface area (Å²) in [5, 5.41) is 4.31. The van der Waals surface area contributed by atoms with Gasteiger partial charge in [-0.1, -0.05) is 61.5 Å². The normalized spacial score (nSPS) is 8.70. The van der Waals surface area contributed by atoms with Gasteiger partial charge < -0.3 is 37.3 Å². The van der Waals surface area contributed by atoms with E-state index in [2.05, 4.69) is 129 Å². The van der Waals surface area contributed by atoms with E-state index in [9.17, 15) is 0 Å². The first-order chi connectivity index (χ1) is 14.4. The van der Waals surface area contributed by atoms with Gasteiger partial charge in [-0.3, -0.25) is 0 Å². The Hall–Kier alpha value is -2.30. The van der Waals surface area contributed by atoms with Crippen LogP contribution in [0.1, 0.15) is 13.3 Å². The zero-order valence-corrected chi connectivity index (χ0v) is 19.0. The molecule has 4 aromatic rings. The first kappa shape index (κ1) is 27.7. The fourth-order valence-electron chi connectivity index (χ4n) is 2.49. The molecule has 0 atom stereocenters. The first-order valence-electron chi connectivity index (χ1n) is 9.22. The van der Waals surface area contributed by atoms with Crippen LogP contribution in [0.25, 0.3) is 0 Å². The third-order valence-electron chi connectivity index (χ3n) is 3.54. The van der Waals surface area contributed by atoms with Crippen LogP contribution in [0, 0.1) is 37.8 Å². The summed E-state index contributed by atoms with van der Waals surface area (Å²) in [7, 11) is -0.877. The van der Waals surface area contributed by atoms with E-state index in [1.807, 2.05) is 6.92 Å². The summed E-state index contributed by atoms with van der Waals surface area (Å²) in [6, 6.07) is 44.5. The van der Waals surface area contributed by atoms with Gasteiger partial charge in [0.05, 0.1) is 7.92 Å². The zero-order chi connectivity index (χ0) is 21.2. The van der Waals surface area contributed by atoms with Crippen LogP contribution in [-0.2, 0) is 21.7 Å². The molecule has 0 aromatic heterocycles. The van der Waals surface area contributed by atoms with Crippen molar-refractivity contribution in [3.05, 3.63) is 135 Å². The molecule has 0 amide bonds. The van der Waals surface area contributed by atoms with Gasteiger partial charge in [0.2, 0.25) is 0 Å². The van der Waals surface area contributed by atoms with Crippen molar-refractivity contribution in [1.82, 2.24) is 0 Å². The Bertz CT molecular complexity index is 749.